The van der Waals surface area contributed by atoms with Crippen LogP contribution >= 0.6 is 58.2 Å². The Bertz CT molecular complexity index is 1340. The van der Waals surface area contributed by atoms with Crippen molar-refractivity contribution >= 4 is 75.1 Å². The van der Waals surface area contributed by atoms with Gasteiger partial charge in [0.15, 0.2) is 0 Å². The fraction of sp³-hybridized carbons (Fsp3) is 0.0952. The zero-order valence-electron chi connectivity index (χ0n) is 16.3. The fourth-order valence-corrected chi connectivity index (χ4v) is 4.97. The summed E-state index contributed by atoms with van der Waals surface area (Å²) in [6, 6.07) is 9.39. The molecule has 0 radical (unpaired) electrons. The molecular formula is C21H13Cl4FN4OS. The van der Waals surface area contributed by atoms with Crippen LogP contribution in [0.4, 0.5) is 10.1 Å². The standard InChI is InChI=1S/C21H13Cl4FN4OS/c1-29(27-8-11-10-32-18-5-2-12(22)6-14(18)19(11)24)17-9-28-30(21(31)20(17)25)13-3-4-16(26)15(23)7-13/h2-9H,10H2,1H3. The fourth-order valence-electron chi connectivity index (χ4n) is 2.95. The van der Waals surface area contributed by atoms with Gasteiger partial charge in [0, 0.05) is 33.9 Å². The van der Waals surface area contributed by atoms with E-state index in [-0.39, 0.29) is 15.7 Å². The number of thioether (sulfide) groups is 1. The van der Waals surface area contributed by atoms with Gasteiger partial charge in [-0.1, -0.05) is 46.4 Å². The molecule has 11 heteroatoms. The zero-order chi connectivity index (χ0) is 23.0. The lowest BCUT2D eigenvalue weighted by Crippen LogP contribution is -2.24. The van der Waals surface area contributed by atoms with Crippen LogP contribution in [-0.4, -0.2) is 28.8 Å². The van der Waals surface area contributed by atoms with Crippen LogP contribution in [0.15, 0.2) is 63.0 Å². The van der Waals surface area contributed by atoms with Gasteiger partial charge in [-0.05, 0) is 36.4 Å². The lowest BCUT2D eigenvalue weighted by atomic mass is 10.1. The lowest BCUT2D eigenvalue weighted by molar-refractivity contribution is 0.627. The van der Waals surface area contributed by atoms with E-state index in [1.54, 1.807) is 25.0 Å². The van der Waals surface area contributed by atoms with Gasteiger partial charge in [-0.2, -0.15) is 14.9 Å². The molecule has 32 heavy (non-hydrogen) atoms. The number of aromatic nitrogens is 2. The Morgan fingerprint density at radius 2 is 1.97 bits per heavy atom. The van der Waals surface area contributed by atoms with Gasteiger partial charge in [-0.15, -0.1) is 11.8 Å². The SMILES string of the molecule is CN(N=CC1=C(Cl)c2cc(Cl)ccc2SC1)c1cnn(-c2ccc(F)c(Cl)c2)c(=O)c1Cl. The van der Waals surface area contributed by atoms with E-state index in [0.717, 1.165) is 26.8 Å². The maximum absolute atomic E-state index is 13.4. The monoisotopic (exact) mass is 528 g/mol. The Morgan fingerprint density at radius 1 is 1.19 bits per heavy atom. The normalized spacial score (nSPS) is 13.6. The Kier molecular flexibility index (Phi) is 6.83. The minimum atomic E-state index is -0.598. The molecule has 0 aliphatic carbocycles. The molecule has 0 fully saturated rings. The van der Waals surface area contributed by atoms with E-state index >= 15 is 0 Å². The molecule has 1 aromatic heterocycles. The molecular weight excluding hydrogens is 517 g/mol. The van der Waals surface area contributed by atoms with Crippen molar-refractivity contribution in [2.24, 2.45) is 5.10 Å². The van der Waals surface area contributed by atoms with Crippen LogP contribution in [0, 0.1) is 5.82 Å². The van der Waals surface area contributed by atoms with Crippen LogP contribution < -0.4 is 10.6 Å². The molecule has 0 spiro atoms. The largest absolute Gasteiger partial charge is 0.292 e. The molecule has 5 nitrogen and oxygen atoms in total. The van der Waals surface area contributed by atoms with Gasteiger partial charge in [-0.25, -0.2) is 4.39 Å². The average Bonchev–Trinajstić information content (AvgIpc) is 2.77. The molecule has 0 bridgehead atoms. The summed E-state index contributed by atoms with van der Waals surface area (Å²) in [5.74, 6) is 0.0305. The molecule has 164 valence electrons. The van der Waals surface area contributed by atoms with Gasteiger partial charge in [0.25, 0.3) is 5.56 Å². The zero-order valence-corrected chi connectivity index (χ0v) is 20.2. The van der Waals surface area contributed by atoms with Crippen molar-refractivity contribution in [3.8, 4) is 5.69 Å². The summed E-state index contributed by atoms with van der Waals surface area (Å²) in [5, 5.41) is 10.8. The van der Waals surface area contributed by atoms with E-state index in [1.165, 1.54) is 23.3 Å². The molecule has 0 unspecified atom stereocenters. The summed E-state index contributed by atoms with van der Waals surface area (Å²) < 4.78 is 14.5. The second-order valence-corrected chi connectivity index (χ2v) is 9.31. The second-order valence-electron chi connectivity index (χ2n) is 6.70. The van der Waals surface area contributed by atoms with E-state index in [9.17, 15) is 9.18 Å². The summed E-state index contributed by atoms with van der Waals surface area (Å²) >= 11 is 26.4. The predicted molar refractivity (Wildman–Crippen MR) is 132 cm³/mol. The highest BCUT2D eigenvalue weighted by molar-refractivity contribution is 7.99. The molecule has 1 aliphatic rings. The van der Waals surface area contributed by atoms with E-state index in [1.807, 2.05) is 18.2 Å². The molecule has 1 aliphatic heterocycles. The van der Waals surface area contributed by atoms with Crippen LogP contribution in [0.5, 0.6) is 0 Å². The highest BCUT2D eigenvalue weighted by Gasteiger charge is 2.19. The predicted octanol–water partition coefficient (Wildman–Crippen LogP) is 6.51. The summed E-state index contributed by atoms with van der Waals surface area (Å²) in [7, 11) is 1.63. The van der Waals surface area contributed by atoms with Crippen molar-refractivity contribution in [1.29, 1.82) is 0 Å². The van der Waals surface area contributed by atoms with Crippen LogP contribution in [0.25, 0.3) is 10.7 Å². The van der Waals surface area contributed by atoms with Crippen molar-refractivity contribution in [2.45, 2.75) is 4.90 Å². The number of hydrazone groups is 1. The number of benzene rings is 2. The molecule has 4 rings (SSSR count). The van der Waals surface area contributed by atoms with Gasteiger partial charge < -0.3 is 0 Å². The minimum absolute atomic E-state index is 0.102. The van der Waals surface area contributed by atoms with Crippen molar-refractivity contribution in [1.82, 2.24) is 9.78 Å². The van der Waals surface area contributed by atoms with Crippen molar-refractivity contribution < 1.29 is 4.39 Å². The van der Waals surface area contributed by atoms with Gasteiger partial charge >= 0.3 is 0 Å². The lowest BCUT2D eigenvalue weighted by Gasteiger charge is -2.19. The maximum atomic E-state index is 13.4. The van der Waals surface area contributed by atoms with E-state index in [2.05, 4.69) is 10.2 Å². The summed E-state index contributed by atoms with van der Waals surface area (Å²) in [4.78, 5) is 13.8. The first-order valence-electron chi connectivity index (χ1n) is 9.08. The molecule has 0 saturated heterocycles. The molecule has 2 heterocycles. The van der Waals surface area contributed by atoms with Crippen LogP contribution in [0.1, 0.15) is 5.56 Å². The summed E-state index contributed by atoms with van der Waals surface area (Å²) in [6.07, 6.45) is 3.00. The van der Waals surface area contributed by atoms with Gasteiger partial charge in [0.1, 0.15) is 16.5 Å². The number of fused-ring (bicyclic) bond motifs is 1. The average molecular weight is 530 g/mol. The van der Waals surface area contributed by atoms with E-state index in [4.69, 9.17) is 46.4 Å². The van der Waals surface area contributed by atoms with Gasteiger partial charge in [0.2, 0.25) is 0 Å². The van der Waals surface area contributed by atoms with Gasteiger partial charge in [0.05, 0.1) is 28.2 Å². The highest BCUT2D eigenvalue weighted by atomic mass is 35.5. The Hall–Kier alpha value is -2.03. The first-order chi connectivity index (χ1) is 15.3. The first kappa shape index (κ1) is 23.1. The Labute approximate surface area is 207 Å². The summed E-state index contributed by atoms with van der Waals surface area (Å²) in [6.45, 7) is 0. The Morgan fingerprint density at radius 3 is 2.72 bits per heavy atom. The third kappa shape index (κ3) is 4.54. The number of halogens is 5. The molecule has 0 saturated carbocycles. The molecule has 3 aromatic rings. The highest BCUT2D eigenvalue weighted by Crippen LogP contribution is 2.40. The number of hydrogen-bond acceptors (Lipinski definition) is 5. The second kappa shape index (κ2) is 9.45. The Balaban J connectivity index is 1.63. The maximum Gasteiger partial charge on any atom is 0.292 e. The van der Waals surface area contributed by atoms with E-state index in [0.29, 0.717) is 21.5 Å². The third-order valence-electron chi connectivity index (χ3n) is 4.63. The minimum Gasteiger partial charge on any atom is -0.266 e. The van der Waals surface area contributed by atoms with Crippen molar-refractivity contribution in [3.05, 3.63) is 85.0 Å². The number of rotatable bonds is 4. The third-order valence-corrected chi connectivity index (χ3v) is 7.08. The smallest absolute Gasteiger partial charge is 0.266 e. The van der Waals surface area contributed by atoms with E-state index < -0.39 is 11.4 Å². The van der Waals surface area contributed by atoms with Crippen molar-refractivity contribution in [2.75, 3.05) is 17.8 Å². The molecule has 0 atom stereocenters. The number of anilines is 1. The van der Waals surface area contributed by atoms with Crippen LogP contribution in [0.3, 0.4) is 0 Å². The quantitative estimate of drug-likeness (QED) is 0.285. The summed E-state index contributed by atoms with van der Waals surface area (Å²) in [5.41, 5.74) is 1.63. The molecule has 2 aromatic carbocycles. The van der Waals surface area contributed by atoms with Gasteiger partial charge in [-0.3, -0.25) is 9.80 Å². The topological polar surface area (TPSA) is 50.5 Å². The number of nitrogens with zero attached hydrogens (tertiary/aromatic N) is 4. The van der Waals surface area contributed by atoms with Crippen LogP contribution in [-0.2, 0) is 0 Å². The van der Waals surface area contributed by atoms with Crippen molar-refractivity contribution in [3.63, 3.8) is 0 Å². The number of hydrogen-bond donors (Lipinski definition) is 0. The molecule has 0 N–H and O–H groups in total. The van der Waals surface area contributed by atoms with Crippen LogP contribution in [0.2, 0.25) is 15.1 Å². The molecule has 0 amide bonds. The first-order valence-corrected chi connectivity index (χ1v) is 11.6.